The molecular weight excluding hydrogens is 376 g/mol. The minimum Gasteiger partial charge on any atom is -0.390 e. The number of nitrogen functional groups attached to an aromatic ring is 1. The number of hydrogen-bond donors (Lipinski definition) is 1. The van der Waals surface area contributed by atoms with Crippen molar-refractivity contribution in [3.63, 3.8) is 0 Å². The Morgan fingerprint density at radius 1 is 0.963 bits per heavy atom. The van der Waals surface area contributed by atoms with E-state index in [9.17, 15) is 30.3 Å². The van der Waals surface area contributed by atoms with E-state index in [0.29, 0.717) is 4.68 Å². The summed E-state index contributed by atoms with van der Waals surface area (Å²) in [7, 11) is 0. The quantitative estimate of drug-likeness (QED) is 0.250. The third kappa shape index (κ3) is 3.13. The fraction of sp³-hybridized carbons (Fsp3) is 0. The highest BCUT2D eigenvalue weighted by atomic mass is 16.6. The maximum atomic E-state index is 11.4. The van der Waals surface area contributed by atoms with Crippen molar-refractivity contribution >= 4 is 34.8 Å². The van der Waals surface area contributed by atoms with Crippen LogP contribution in [-0.2, 0) is 0 Å². The van der Waals surface area contributed by atoms with Gasteiger partial charge in [-0.05, 0) is 31.2 Å². The van der Waals surface area contributed by atoms with Gasteiger partial charge in [0.05, 0.1) is 9.85 Å². The number of azide groups is 2. The average Bonchev–Trinajstić information content (AvgIpc) is 2.96. The Labute approximate surface area is 143 Å². The average molecular weight is 378 g/mol. The fourth-order valence-electron chi connectivity index (χ4n) is 1.81. The van der Waals surface area contributed by atoms with Crippen molar-refractivity contribution in [2.24, 2.45) is 10.2 Å². The predicted octanol–water partition coefficient (Wildman–Crippen LogP) is 1.85. The summed E-state index contributed by atoms with van der Waals surface area (Å²) in [5, 5.41) is 42.4. The van der Waals surface area contributed by atoms with Crippen LogP contribution in [0.2, 0.25) is 0 Å². The summed E-state index contributed by atoms with van der Waals surface area (Å²) >= 11 is 0. The Hall–Kier alpha value is -5.09. The molecule has 20 heteroatoms. The summed E-state index contributed by atoms with van der Waals surface area (Å²) in [4.78, 5) is 41.0. The minimum absolute atomic E-state index is 0.298. The standard InChI is InChI=1S/C7H2N14O6/c8-6-12-7(21(26)27)15-18(6)5-3(20(24)25)1(13-16-9)2(19(22)23)4(11-5)14-17-10/h(H2,8,12,15). The molecule has 0 aliphatic carbocycles. The normalized spacial score (nSPS) is 9.78. The summed E-state index contributed by atoms with van der Waals surface area (Å²) in [5.41, 5.74) is 18.8. The van der Waals surface area contributed by atoms with Crippen molar-refractivity contribution in [1.82, 2.24) is 19.7 Å². The zero-order valence-corrected chi connectivity index (χ0v) is 12.3. The Morgan fingerprint density at radius 2 is 1.56 bits per heavy atom. The van der Waals surface area contributed by atoms with E-state index in [1.165, 1.54) is 0 Å². The molecule has 2 aromatic heterocycles. The highest BCUT2D eigenvalue weighted by molar-refractivity contribution is 5.81. The minimum atomic E-state index is -1.28. The highest BCUT2D eigenvalue weighted by Gasteiger charge is 2.37. The molecule has 0 aromatic carbocycles. The molecular formula is C7H2N14O6. The van der Waals surface area contributed by atoms with Gasteiger partial charge in [-0.25, -0.2) is 4.98 Å². The van der Waals surface area contributed by atoms with E-state index in [1.807, 2.05) is 0 Å². The lowest BCUT2D eigenvalue weighted by molar-refractivity contribution is -0.394. The second-order valence-electron chi connectivity index (χ2n) is 4.14. The lowest BCUT2D eigenvalue weighted by Gasteiger charge is -2.05. The van der Waals surface area contributed by atoms with Gasteiger partial charge in [-0.1, -0.05) is 4.68 Å². The van der Waals surface area contributed by atoms with Gasteiger partial charge in [0.1, 0.15) is 0 Å². The third-order valence-electron chi connectivity index (χ3n) is 2.72. The van der Waals surface area contributed by atoms with Gasteiger partial charge in [-0.2, -0.15) is 0 Å². The van der Waals surface area contributed by atoms with E-state index in [2.05, 4.69) is 35.1 Å². The van der Waals surface area contributed by atoms with Crippen molar-refractivity contribution in [2.45, 2.75) is 0 Å². The molecule has 0 fully saturated rings. The van der Waals surface area contributed by atoms with Crippen LogP contribution in [-0.4, -0.2) is 34.5 Å². The van der Waals surface area contributed by atoms with Gasteiger partial charge in [0.25, 0.3) is 5.82 Å². The summed E-state index contributed by atoms with van der Waals surface area (Å²) in [6, 6.07) is 0. The van der Waals surface area contributed by atoms with E-state index in [4.69, 9.17) is 16.8 Å². The Balaban J connectivity index is 3.07. The predicted molar refractivity (Wildman–Crippen MR) is 81.1 cm³/mol. The van der Waals surface area contributed by atoms with Crippen molar-refractivity contribution in [3.05, 3.63) is 51.2 Å². The highest BCUT2D eigenvalue weighted by Crippen LogP contribution is 2.45. The number of anilines is 1. The molecule has 2 rings (SSSR count). The molecule has 0 atom stereocenters. The molecule has 0 saturated carbocycles. The van der Waals surface area contributed by atoms with Crippen LogP contribution in [0.3, 0.4) is 0 Å². The molecule has 0 unspecified atom stereocenters. The van der Waals surface area contributed by atoms with Gasteiger partial charge in [0.2, 0.25) is 5.82 Å². The van der Waals surface area contributed by atoms with Crippen LogP contribution >= 0.6 is 0 Å². The topological polar surface area (TPSA) is 297 Å². The molecule has 2 N–H and O–H groups in total. The Bertz CT molecular complexity index is 1090. The smallest absolute Gasteiger partial charge is 0.390 e. The number of pyridine rings is 1. The molecule has 0 amide bonds. The maximum Gasteiger partial charge on any atom is 0.493 e. The van der Waals surface area contributed by atoms with Crippen LogP contribution in [0.5, 0.6) is 0 Å². The van der Waals surface area contributed by atoms with Crippen LogP contribution in [0.1, 0.15) is 0 Å². The first-order valence-electron chi connectivity index (χ1n) is 6.07. The van der Waals surface area contributed by atoms with Crippen molar-refractivity contribution in [2.75, 3.05) is 5.73 Å². The van der Waals surface area contributed by atoms with Crippen molar-refractivity contribution in [1.29, 1.82) is 0 Å². The molecule has 0 spiro atoms. The first-order valence-corrected chi connectivity index (χ1v) is 6.07. The summed E-state index contributed by atoms with van der Waals surface area (Å²) in [6.07, 6.45) is 0. The molecule has 2 heterocycles. The Kier molecular flexibility index (Phi) is 4.60. The van der Waals surface area contributed by atoms with Gasteiger partial charge in [0, 0.05) is 14.9 Å². The lowest BCUT2D eigenvalue weighted by atomic mass is 10.2. The molecule has 0 saturated heterocycles. The van der Waals surface area contributed by atoms with E-state index in [1.54, 1.807) is 0 Å². The third-order valence-corrected chi connectivity index (χ3v) is 2.72. The summed E-state index contributed by atoms with van der Waals surface area (Å²) in [6.45, 7) is 0. The fourth-order valence-corrected chi connectivity index (χ4v) is 1.81. The van der Waals surface area contributed by atoms with Crippen molar-refractivity contribution < 1.29 is 14.8 Å². The van der Waals surface area contributed by atoms with E-state index < -0.39 is 55.4 Å². The molecule has 0 radical (unpaired) electrons. The number of nitro groups is 3. The van der Waals surface area contributed by atoms with Crippen LogP contribution in [0, 0.1) is 30.3 Å². The van der Waals surface area contributed by atoms with Crippen LogP contribution in [0.4, 0.5) is 34.8 Å². The van der Waals surface area contributed by atoms with Gasteiger partial charge in [-0.3, -0.25) is 20.2 Å². The molecule has 0 aliphatic rings. The molecule has 20 nitrogen and oxygen atoms in total. The number of rotatable bonds is 6. The second kappa shape index (κ2) is 6.80. The lowest BCUT2D eigenvalue weighted by Crippen LogP contribution is -2.09. The zero-order chi connectivity index (χ0) is 20.3. The number of nitrogens with two attached hydrogens (primary N) is 1. The zero-order valence-electron chi connectivity index (χ0n) is 12.3. The molecule has 136 valence electrons. The van der Waals surface area contributed by atoms with E-state index in [-0.39, 0.29) is 0 Å². The van der Waals surface area contributed by atoms with E-state index in [0.717, 1.165) is 0 Å². The summed E-state index contributed by atoms with van der Waals surface area (Å²) in [5.74, 6) is -3.83. The molecule has 27 heavy (non-hydrogen) atoms. The largest absolute Gasteiger partial charge is 0.493 e. The monoisotopic (exact) mass is 378 g/mol. The second-order valence-corrected chi connectivity index (χ2v) is 4.14. The van der Waals surface area contributed by atoms with Gasteiger partial charge in [0.15, 0.2) is 5.69 Å². The summed E-state index contributed by atoms with van der Waals surface area (Å²) < 4.78 is 0.298. The van der Waals surface area contributed by atoms with Gasteiger partial charge >= 0.3 is 23.3 Å². The SMILES string of the molecule is [N-]=[N+]=Nc1nc(-n2nc([N+](=O)[O-])nc2N)c([N+](=O)[O-])c(N=[N+]=[N-])c1[N+](=O)[O-]. The maximum absolute atomic E-state index is 11.4. The molecule has 0 bridgehead atoms. The van der Waals surface area contributed by atoms with Gasteiger partial charge in [-0.15, -0.1) is 0 Å². The van der Waals surface area contributed by atoms with Gasteiger partial charge < -0.3 is 15.8 Å². The number of nitrogens with zero attached hydrogens (tertiary/aromatic N) is 13. The first-order chi connectivity index (χ1) is 12.7. The first kappa shape index (κ1) is 18.3. The van der Waals surface area contributed by atoms with Crippen molar-refractivity contribution in [3.8, 4) is 5.82 Å². The van der Waals surface area contributed by atoms with E-state index >= 15 is 0 Å². The van der Waals surface area contributed by atoms with Crippen LogP contribution < -0.4 is 5.73 Å². The number of hydrogen-bond acceptors (Lipinski definition) is 12. The van der Waals surface area contributed by atoms with Crippen LogP contribution in [0.25, 0.3) is 26.7 Å². The molecule has 2 aromatic rings. The van der Waals surface area contributed by atoms with Crippen LogP contribution in [0.15, 0.2) is 10.2 Å². The molecule has 0 aliphatic heterocycles. The Morgan fingerprint density at radius 3 is 2.00 bits per heavy atom. The number of aromatic nitrogens is 4.